The van der Waals surface area contributed by atoms with Crippen molar-refractivity contribution in [2.75, 3.05) is 16.8 Å². The Morgan fingerprint density at radius 3 is 2.68 bits per heavy atom. The van der Waals surface area contributed by atoms with Crippen molar-refractivity contribution < 1.29 is 19.2 Å². The molecule has 31 heavy (non-hydrogen) atoms. The average molecular weight is 418 g/mol. The molecule has 1 spiro atoms. The Labute approximate surface area is 179 Å². The second-order valence-electron chi connectivity index (χ2n) is 8.27. The lowest BCUT2D eigenvalue weighted by Gasteiger charge is -2.29. The predicted octanol–water partition coefficient (Wildman–Crippen LogP) is 2.14. The summed E-state index contributed by atoms with van der Waals surface area (Å²) in [7, 11) is 0. The molecular weight excluding hydrogens is 396 g/mol. The molecule has 1 saturated heterocycles. The zero-order valence-corrected chi connectivity index (χ0v) is 17.1. The van der Waals surface area contributed by atoms with Gasteiger partial charge in [-0.2, -0.15) is 0 Å². The van der Waals surface area contributed by atoms with Crippen LogP contribution in [0.1, 0.15) is 30.9 Å². The lowest BCUT2D eigenvalue weighted by atomic mass is 9.92. The van der Waals surface area contributed by atoms with Gasteiger partial charge in [0, 0.05) is 12.5 Å². The third-order valence-electron chi connectivity index (χ3n) is 6.34. The van der Waals surface area contributed by atoms with E-state index in [0.717, 1.165) is 16.0 Å². The molecule has 2 aromatic carbocycles. The van der Waals surface area contributed by atoms with Crippen molar-refractivity contribution in [2.45, 2.75) is 37.8 Å². The molecule has 2 N–H and O–H groups in total. The van der Waals surface area contributed by atoms with Crippen molar-refractivity contribution >= 4 is 35.1 Å². The number of hydrogen-bond acceptors (Lipinski definition) is 4. The fraction of sp³-hybridized carbons (Fsp3) is 0.304. The van der Waals surface area contributed by atoms with Crippen molar-refractivity contribution in [3.05, 3.63) is 59.7 Å². The highest BCUT2D eigenvalue weighted by Gasteiger charge is 2.55. The Morgan fingerprint density at radius 1 is 1.10 bits per heavy atom. The Hall–Kier alpha value is -3.68. The average Bonchev–Trinajstić information content (AvgIpc) is 3.17. The van der Waals surface area contributed by atoms with Gasteiger partial charge in [0.1, 0.15) is 12.1 Å². The Morgan fingerprint density at radius 2 is 1.84 bits per heavy atom. The van der Waals surface area contributed by atoms with Crippen LogP contribution in [0.3, 0.4) is 0 Å². The van der Waals surface area contributed by atoms with Gasteiger partial charge in [0.05, 0.1) is 11.4 Å². The fourth-order valence-electron chi connectivity index (χ4n) is 4.91. The van der Waals surface area contributed by atoms with E-state index in [9.17, 15) is 19.2 Å². The van der Waals surface area contributed by atoms with Gasteiger partial charge in [-0.1, -0.05) is 36.4 Å². The lowest BCUT2D eigenvalue weighted by molar-refractivity contribution is -0.134. The van der Waals surface area contributed by atoms with Gasteiger partial charge < -0.3 is 15.5 Å². The molecule has 5 rings (SSSR count). The van der Waals surface area contributed by atoms with Crippen LogP contribution in [-0.2, 0) is 26.3 Å². The van der Waals surface area contributed by atoms with E-state index in [-0.39, 0.29) is 18.9 Å². The van der Waals surface area contributed by atoms with Crippen molar-refractivity contribution in [1.29, 1.82) is 0 Å². The number of amides is 5. The summed E-state index contributed by atoms with van der Waals surface area (Å²) in [5.74, 6) is -1.00. The maximum atomic E-state index is 13.4. The van der Waals surface area contributed by atoms with Gasteiger partial charge in [0.15, 0.2) is 0 Å². The number of hydrogen-bond donors (Lipinski definition) is 2. The van der Waals surface area contributed by atoms with Gasteiger partial charge in [-0.15, -0.1) is 0 Å². The number of rotatable bonds is 2. The van der Waals surface area contributed by atoms with Gasteiger partial charge in [-0.05, 0) is 43.0 Å². The first-order chi connectivity index (χ1) is 14.9. The van der Waals surface area contributed by atoms with Crippen molar-refractivity contribution in [2.24, 2.45) is 0 Å². The highest BCUT2D eigenvalue weighted by atomic mass is 16.2. The Balaban J connectivity index is 1.44. The molecule has 5 amide bonds. The topological polar surface area (TPSA) is 98.8 Å². The summed E-state index contributed by atoms with van der Waals surface area (Å²) in [4.78, 5) is 54.2. The molecule has 0 radical (unpaired) electrons. The molecule has 2 aromatic rings. The van der Waals surface area contributed by atoms with Crippen LogP contribution in [0.4, 0.5) is 16.2 Å². The van der Waals surface area contributed by atoms with Crippen molar-refractivity contribution in [3.8, 4) is 0 Å². The number of fused-ring (bicyclic) bond motifs is 3. The van der Waals surface area contributed by atoms with E-state index in [2.05, 4.69) is 10.6 Å². The van der Waals surface area contributed by atoms with Crippen LogP contribution in [0.15, 0.2) is 48.5 Å². The molecule has 158 valence electrons. The molecule has 1 aliphatic carbocycles. The quantitative estimate of drug-likeness (QED) is 0.730. The number of nitrogens with one attached hydrogen (secondary N) is 2. The number of nitrogens with zero attached hydrogens (tertiary/aromatic N) is 2. The van der Waals surface area contributed by atoms with E-state index >= 15 is 0 Å². The molecule has 0 bridgehead atoms. The first kappa shape index (κ1) is 19.3. The normalized spacial score (nSPS) is 24.5. The third-order valence-corrected chi connectivity index (χ3v) is 6.34. The van der Waals surface area contributed by atoms with Crippen LogP contribution in [0, 0.1) is 0 Å². The summed E-state index contributed by atoms with van der Waals surface area (Å²) >= 11 is 0. The number of urea groups is 1. The zero-order chi connectivity index (χ0) is 21.8. The van der Waals surface area contributed by atoms with E-state index in [1.54, 1.807) is 31.2 Å². The SMILES string of the molecule is C[C@H]1CC(=O)Nc2ccccc2N1C(=O)CN1C(=O)N[C@]2(CCc3ccccc32)C1=O. The summed E-state index contributed by atoms with van der Waals surface area (Å²) in [6.07, 6.45) is 1.29. The number of anilines is 2. The number of carbonyl (C=O) groups excluding carboxylic acids is 4. The molecule has 3 aliphatic rings. The van der Waals surface area contributed by atoms with E-state index in [1.165, 1.54) is 4.90 Å². The number of aryl methyl sites for hydroxylation is 1. The van der Waals surface area contributed by atoms with E-state index in [4.69, 9.17) is 0 Å². The molecular formula is C23H22N4O4. The number of benzene rings is 2. The van der Waals surface area contributed by atoms with Crippen LogP contribution in [0.2, 0.25) is 0 Å². The van der Waals surface area contributed by atoms with Gasteiger partial charge >= 0.3 is 6.03 Å². The second kappa shape index (κ2) is 6.94. The maximum Gasteiger partial charge on any atom is 0.325 e. The predicted molar refractivity (Wildman–Crippen MR) is 113 cm³/mol. The van der Waals surface area contributed by atoms with Crippen molar-refractivity contribution in [1.82, 2.24) is 10.2 Å². The summed E-state index contributed by atoms with van der Waals surface area (Å²) < 4.78 is 0. The zero-order valence-electron chi connectivity index (χ0n) is 17.1. The molecule has 8 heteroatoms. The van der Waals surface area contributed by atoms with Crippen LogP contribution >= 0.6 is 0 Å². The minimum atomic E-state index is -1.10. The summed E-state index contributed by atoms with van der Waals surface area (Å²) in [6.45, 7) is 1.39. The fourth-order valence-corrected chi connectivity index (χ4v) is 4.91. The first-order valence-electron chi connectivity index (χ1n) is 10.3. The van der Waals surface area contributed by atoms with Gasteiger partial charge in [-0.25, -0.2) is 4.79 Å². The van der Waals surface area contributed by atoms with E-state index in [1.807, 2.05) is 24.3 Å². The van der Waals surface area contributed by atoms with Crippen LogP contribution in [0.5, 0.6) is 0 Å². The molecule has 0 unspecified atom stereocenters. The summed E-state index contributed by atoms with van der Waals surface area (Å²) in [5.41, 5.74) is 1.81. The van der Waals surface area contributed by atoms with Gasteiger partial charge in [0.25, 0.3) is 5.91 Å². The molecule has 8 nitrogen and oxygen atoms in total. The van der Waals surface area contributed by atoms with Crippen LogP contribution in [0.25, 0.3) is 0 Å². The summed E-state index contributed by atoms with van der Waals surface area (Å²) in [5, 5.41) is 5.65. The molecule has 2 atom stereocenters. The number of para-hydroxylation sites is 2. The highest BCUT2D eigenvalue weighted by Crippen LogP contribution is 2.41. The minimum Gasteiger partial charge on any atom is -0.324 e. The van der Waals surface area contributed by atoms with Crippen LogP contribution in [-0.4, -0.2) is 41.2 Å². The highest BCUT2D eigenvalue weighted by molar-refractivity contribution is 6.12. The van der Waals surface area contributed by atoms with E-state index in [0.29, 0.717) is 24.2 Å². The third kappa shape index (κ3) is 2.90. The lowest BCUT2D eigenvalue weighted by Crippen LogP contribution is -2.47. The Bertz CT molecular complexity index is 1130. The van der Waals surface area contributed by atoms with Gasteiger partial charge in [-0.3, -0.25) is 19.3 Å². The number of carbonyl (C=O) groups is 4. The molecule has 2 aliphatic heterocycles. The van der Waals surface area contributed by atoms with E-state index < -0.39 is 29.4 Å². The monoisotopic (exact) mass is 418 g/mol. The smallest absolute Gasteiger partial charge is 0.324 e. The van der Waals surface area contributed by atoms with Crippen molar-refractivity contribution in [3.63, 3.8) is 0 Å². The summed E-state index contributed by atoms with van der Waals surface area (Å²) in [6, 6.07) is 13.6. The number of imide groups is 1. The molecule has 2 heterocycles. The minimum absolute atomic E-state index is 0.123. The molecule has 0 saturated carbocycles. The molecule has 0 aromatic heterocycles. The van der Waals surface area contributed by atoms with Gasteiger partial charge in [0.2, 0.25) is 11.8 Å². The first-order valence-corrected chi connectivity index (χ1v) is 10.3. The second-order valence-corrected chi connectivity index (χ2v) is 8.27. The molecule has 1 fully saturated rings. The standard InChI is InChI=1S/C23H22N4O4/c1-14-12-19(28)24-17-8-4-5-9-18(17)27(14)20(29)13-26-21(30)23(25-22(26)31)11-10-15-6-2-3-7-16(15)23/h2-9,14H,10-13H2,1H3,(H,24,28)(H,25,31)/t14-,23-/m0/s1. The Kier molecular flexibility index (Phi) is 4.32. The maximum absolute atomic E-state index is 13.4. The van der Waals surface area contributed by atoms with Crippen LogP contribution < -0.4 is 15.5 Å². The largest absolute Gasteiger partial charge is 0.325 e.